The smallest absolute Gasteiger partial charge is 0.300 e. The number of ketones is 1. The fraction of sp³-hybridized carbons (Fsp3) is 0.154. The maximum atomic E-state index is 13.1. The Morgan fingerprint density at radius 2 is 1.67 bits per heavy atom. The molecule has 2 aromatic carbocycles. The van der Waals surface area contributed by atoms with Crippen LogP contribution in [0, 0.1) is 11.3 Å². The van der Waals surface area contributed by atoms with E-state index in [-0.39, 0.29) is 17.4 Å². The van der Waals surface area contributed by atoms with Gasteiger partial charge in [-0.05, 0) is 67.9 Å². The van der Waals surface area contributed by atoms with Crippen molar-refractivity contribution >= 4 is 23.1 Å². The molecule has 2 heterocycles. The minimum Gasteiger partial charge on any atom is -0.507 e. The Morgan fingerprint density at radius 3 is 2.24 bits per heavy atom. The maximum absolute atomic E-state index is 13.1. The van der Waals surface area contributed by atoms with E-state index in [4.69, 9.17) is 10.00 Å². The van der Waals surface area contributed by atoms with Crippen LogP contribution in [0.15, 0.2) is 78.6 Å². The van der Waals surface area contributed by atoms with Crippen molar-refractivity contribution < 1.29 is 19.4 Å². The largest absolute Gasteiger partial charge is 0.507 e. The number of hydrogen-bond acceptors (Lipinski definition) is 6. The number of ether oxygens (including phenoxy) is 1. The van der Waals surface area contributed by atoms with Crippen LogP contribution in [0.1, 0.15) is 36.6 Å². The van der Waals surface area contributed by atoms with Crippen LogP contribution in [0.3, 0.4) is 0 Å². The van der Waals surface area contributed by atoms with E-state index in [1.165, 1.54) is 17.3 Å². The lowest BCUT2D eigenvalue weighted by Crippen LogP contribution is -2.29. The molecule has 0 radical (unpaired) electrons. The van der Waals surface area contributed by atoms with Gasteiger partial charge in [-0.15, -0.1) is 0 Å². The molecule has 7 heteroatoms. The molecule has 4 rings (SSSR count). The Bertz CT molecular complexity index is 1260. The van der Waals surface area contributed by atoms with Gasteiger partial charge in [0.15, 0.2) is 0 Å². The van der Waals surface area contributed by atoms with Gasteiger partial charge in [-0.3, -0.25) is 19.5 Å². The Morgan fingerprint density at radius 1 is 1.03 bits per heavy atom. The first kappa shape index (κ1) is 21.8. The van der Waals surface area contributed by atoms with E-state index in [1.54, 1.807) is 60.7 Å². The number of amides is 1. The SMILES string of the molecule is CC(C)Oc1ccc(C2/C(=C(/O)c3ccncc3)C(=O)C(=O)N2c2ccc(C#N)cc2)cc1. The molecule has 1 aliphatic heterocycles. The van der Waals surface area contributed by atoms with E-state index in [0.29, 0.717) is 28.1 Å². The predicted octanol–water partition coefficient (Wildman–Crippen LogP) is 4.37. The number of rotatable bonds is 5. The summed E-state index contributed by atoms with van der Waals surface area (Å²) in [4.78, 5) is 31.5. The van der Waals surface area contributed by atoms with E-state index in [0.717, 1.165) is 0 Å². The number of nitrogens with zero attached hydrogens (tertiary/aromatic N) is 3. The van der Waals surface area contributed by atoms with Gasteiger partial charge in [-0.2, -0.15) is 5.26 Å². The molecule has 33 heavy (non-hydrogen) atoms. The van der Waals surface area contributed by atoms with Gasteiger partial charge in [-0.25, -0.2) is 0 Å². The maximum Gasteiger partial charge on any atom is 0.300 e. The van der Waals surface area contributed by atoms with Crippen molar-refractivity contribution in [3.05, 3.63) is 95.3 Å². The Kier molecular flexibility index (Phi) is 5.92. The molecule has 1 aliphatic rings. The number of aromatic nitrogens is 1. The van der Waals surface area contributed by atoms with Crippen molar-refractivity contribution in [2.45, 2.75) is 26.0 Å². The number of pyridine rings is 1. The number of nitriles is 1. The van der Waals surface area contributed by atoms with Crippen molar-refractivity contribution in [3.63, 3.8) is 0 Å². The average molecular weight is 439 g/mol. The zero-order valence-electron chi connectivity index (χ0n) is 18.1. The van der Waals surface area contributed by atoms with Crippen LogP contribution in [-0.4, -0.2) is 27.9 Å². The van der Waals surface area contributed by atoms with Gasteiger partial charge in [-0.1, -0.05) is 12.1 Å². The molecule has 1 N–H and O–H groups in total. The summed E-state index contributed by atoms with van der Waals surface area (Å²) in [6.07, 6.45) is 2.99. The summed E-state index contributed by atoms with van der Waals surface area (Å²) in [5.41, 5.74) is 1.86. The molecule has 0 saturated carbocycles. The van der Waals surface area contributed by atoms with Crippen LogP contribution in [0.25, 0.3) is 5.76 Å². The summed E-state index contributed by atoms with van der Waals surface area (Å²) in [7, 11) is 0. The second kappa shape index (κ2) is 8.97. The summed E-state index contributed by atoms with van der Waals surface area (Å²) in [5, 5.41) is 20.1. The predicted molar refractivity (Wildman–Crippen MR) is 122 cm³/mol. The van der Waals surface area contributed by atoms with Gasteiger partial charge in [0.05, 0.1) is 29.4 Å². The molecule has 0 spiro atoms. The van der Waals surface area contributed by atoms with Crippen molar-refractivity contribution in [3.8, 4) is 11.8 Å². The quantitative estimate of drug-likeness (QED) is 0.360. The molecule has 1 saturated heterocycles. The lowest BCUT2D eigenvalue weighted by Gasteiger charge is -2.25. The average Bonchev–Trinajstić information content (AvgIpc) is 3.10. The minimum atomic E-state index is -0.862. The van der Waals surface area contributed by atoms with Crippen molar-refractivity contribution in [2.75, 3.05) is 4.90 Å². The van der Waals surface area contributed by atoms with E-state index in [1.807, 2.05) is 19.9 Å². The molecule has 1 unspecified atom stereocenters. The topological polar surface area (TPSA) is 104 Å². The van der Waals surface area contributed by atoms with Gasteiger partial charge < -0.3 is 9.84 Å². The molecule has 1 amide bonds. The van der Waals surface area contributed by atoms with Gasteiger partial charge in [0.1, 0.15) is 11.5 Å². The number of benzene rings is 2. The molecule has 0 bridgehead atoms. The van der Waals surface area contributed by atoms with E-state index in [9.17, 15) is 14.7 Å². The van der Waals surface area contributed by atoms with E-state index in [2.05, 4.69) is 4.98 Å². The number of aliphatic hydroxyl groups excluding tert-OH is 1. The highest BCUT2D eigenvalue weighted by molar-refractivity contribution is 6.51. The van der Waals surface area contributed by atoms with Gasteiger partial charge in [0, 0.05) is 23.6 Å². The van der Waals surface area contributed by atoms with Crippen LogP contribution in [0.2, 0.25) is 0 Å². The first-order valence-corrected chi connectivity index (χ1v) is 10.4. The van der Waals surface area contributed by atoms with E-state index >= 15 is 0 Å². The number of carbonyl (C=O) groups excluding carboxylic acids is 2. The van der Waals surface area contributed by atoms with Crippen molar-refractivity contribution in [1.82, 2.24) is 4.98 Å². The molecular weight excluding hydrogens is 418 g/mol. The number of hydrogen-bond donors (Lipinski definition) is 1. The number of carbonyl (C=O) groups is 2. The highest BCUT2D eigenvalue weighted by atomic mass is 16.5. The third-order valence-electron chi connectivity index (χ3n) is 5.24. The monoisotopic (exact) mass is 439 g/mol. The van der Waals surface area contributed by atoms with Crippen LogP contribution in [0.5, 0.6) is 5.75 Å². The van der Waals surface area contributed by atoms with Crippen LogP contribution >= 0.6 is 0 Å². The molecule has 164 valence electrons. The summed E-state index contributed by atoms with van der Waals surface area (Å²) in [6.45, 7) is 3.84. The Labute approximate surface area is 191 Å². The third-order valence-corrected chi connectivity index (χ3v) is 5.24. The van der Waals surface area contributed by atoms with E-state index < -0.39 is 17.7 Å². The van der Waals surface area contributed by atoms with Crippen LogP contribution < -0.4 is 9.64 Å². The molecule has 1 aromatic heterocycles. The minimum absolute atomic E-state index is 0.00757. The summed E-state index contributed by atoms with van der Waals surface area (Å²) < 4.78 is 5.71. The molecule has 1 fully saturated rings. The lowest BCUT2D eigenvalue weighted by molar-refractivity contribution is -0.132. The number of anilines is 1. The molecule has 7 nitrogen and oxygen atoms in total. The lowest BCUT2D eigenvalue weighted by atomic mass is 9.95. The van der Waals surface area contributed by atoms with Gasteiger partial charge in [0.25, 0.3) is 11.7 Å². The van der Waals surface area contributed by atoms with Crippen LogP contribution in [0.4, 0.5) is 5.69 Å². The first-order chi connectivity index (χ1) is 15.9. The highest BCUT2D eigenvalue weighted by Crippen LogP contribution is 2.42. The second-order valence-corrected chi connectivity index (χ2v) is 7.80. The molecule has 3 aromatic rings. The third kappa shape index (κ3) is 4.19. The molecule has 0 aliphatic carbocycles. The summed E-state index contributed by atoms with van der Waals surface area (Å²) in [5.74, 6) is -1.18. The van der Waals surface area contributed by atoms with Crippen LogP contribution in [-0.2, 0) is 9.59 Å². The second-order valence-electron chi connectivity index (χ2n) is 7.80. The fourth-order valence-electron chi connectivity index (χ4n) is 3.78. The molecular formula is C26H21N3O4. The summed E-state index contributed by atoms with van der Waals surface area (Å²) in [6, 6.07) is 17.8. The Hall–Kier alpha value is -4.44. The summed E-state index contributed by atoms with van der Waals surface area (Å²) >= 11 is 0. The van der Waals surface area contributed by atoms with Crippen molar-refractivity contribution in [1.29, 1.82) is 5.26 Å². The van der Waals surface area contributed by atoms with Gasteiger partial charge in [0.2, 0.25) is 0 Å². The Balaban J connectivity index is 1.88. The van der Waals surface area contributed by atoms with Crippen molar-refractivity contribution in [2.24, 2.45) is 0 Å². The normalized spacial score (nSPS) is 17.3. The zero-order valence-corrected chi connectivity index (χ0v) is 18.1. The fourth-order valence-corrected chi connectivity index (χ4v) is 3.78. The number of Topliss-reactive ketones (excluding diaryl/α,β-unsaturated/α-hetero) is 1. The standard InChI is InChI=1S/C26H21N3O4/c1-16(2)33-21-9-5-18(6-10-21)23-22(24(30)19-11-13-28-14-12-19)25(31)26(32)29(23)20-7-3-17(15-27)4-8-20/h3-14,16,23,30H,1-2H3/b24-22-. The number of aliphatic hydroxyl groups is 1. The highest BCUT2D eigenvalue weighted by Gasteiger charge is 2.46. The first-order valence-electron chi connectivity index (χ1n) is 10.4. The zero-order chi connectivity index (χ0) is 23.5. The molecule has 1 atom stereocenters. The van der Waals surface area contributed by atoms with Gasteiger partial charge >= 0.3 is 0 Å².